The van der Waals surface area contributed by atoms with Crippen LogP contribution in [0.1, 0.15) is 24.1 Å². The third-order valence-electron chi connectivity index (χ3n) is 3.67. The summed E-state index contributed by atoms with van der Waals surface area (Å²) in [5, 5.41) is 5.52. The molecule has 0 radical (unpaired) electrons. The minimum atomic E-state index is -0.601. The molecule has 0 saturated carbocycles. The average Bonchev–Trinajstić information content (AvgIpc) is 2.62. The maximum Gasteiger partial charge on any atom is 0.338 e. The molecule has 1 aliphatic heterocycles. The number of hydrogen-bond acceptors (Lipinski definition) is 4. The van der Waals surface area contributed by atoms with Crippen molar-refractivity contribution in [3.63, 3.8) is 0 Å². The van der Waals surface area contributed by atoms with E-state index in [2.05, 4.69) is 15.6 Å². The molecule has 0 spiro atoms. The molecule has 2 amide bonds. The van der Waals surface area contributed by atoms with Crippen LogP contribution in [0.4, 0.5) is 4.79 Å². The number of amides is 2. The summed E-state index contributed by atoms with van der Waals surface area (Å²) in [7, 11) is 0. The third kappa shape index (κ3) is 3.12. The van der Waals surface area contributed by atoms with Gasteiger partial charge in [0.2, 0.25) is 0 Å². The molecule has 122 valence electrons. The van der Waals surface area contributed by atoms with Gasteiger partial charge in [0.25, 0.3) is 0 Å². The van der Waals surface area contributed by atoms with Gasteiger partial charge in [-0.15, -0.1) is 0 Å². The van der Waals surface area contributed by atoms with E-state index < -0.39 is 12.0 Å². The number of nitrogens with one attached hydrogen (secondary N) is 2. The van der Waals surface area contributed by atoms with Gasteiger partial charge in [0.1, 0.15) is 0 Å². The number of nitrogens with zero attached hydrogens (tertiary/aromatic N) is 1. The number of rotatable bonds is 4. The quantitative estimate of drug-likeness (QED) is 0.847. The number of carbonyl (C=O) groups is 2. The lowest BCUT2D eigenvalue weighted by Gasteiger charge is -2.29. The first-order valence-electron chi connectivity index (χ1n) is 7.65. The van der Waals surface area contributed by atoms with Gasteiger partial charge in [-0.3, -0.25) is 4.98 Å². The van der Waals surface area contributed by atoms with Crippen molar-refractivity contribution < 1.29 is 14.3 Å². The third-order valence-corrected chi connectivity index (χ3v) is 3.67. The van der Waals surface area contributed by atoms with Crippen molar-refractivity contribution in [3.05, 3.63) is 71.6 Å². The molecule has 6 heteroatoms. The van der Waals surface area contributed by atoms with E-state index in [1.807, 2.05) is 30.3 Å². The summed E-state index contributed by atoms with van der Waals surface area (Å²) < 4.78 is 5.22. The highest BCUT2D eigenvalue weighted by Crippen LogP contribution is 2.31. The lowest BCUT2D eigenvalue weighted by atomic mass is 9.93. The van der Waals surface area contributed by atoms with Crippen LogP contribution in [-0.2, 0) is 9.53 Å². The molecule has 2 N–H and O–H groups in total. The van der Waals surface area contributed by atoms with Crippen LogP contribution in [-0.4, -0.2) is 23.6 Å². The minimum Gasteiger partial charge on any atom is -0.463 e. The lowest BCUT2D eigenvalue weighted by Crippen LogP contribution is -2.45. The SMILES string of the molecule is CCOC(=O)C1=C(c2ccccc2)NC(=O)NC1c1ccncc1. The van der Waals surface area contributed by atoms with Crippen LogP contribution >= 0.6 is 0 Å². The number of urea groups is 1. The second kappa shape index (κ2) is 6.95. The van der Waals surface area contributed by atoms with Gasteiger partial charge in [-0.05, 0) is 30.2 Å². The molecule has 1 atom stereocenters. The molecule has 0 fully saturated rings. The van der Waals surface area contributed by atoms with Crippen molar-refractivity contribution in [2.75, 3.05) is 6.61 Å². The molecule has 2 aromatic rings. The minimum absolute atomic E-state index is 0.251. The molecule has 6 nitrogen and oxygen atoms in total. The molecule has 24 heavy (non-hydrogen) atoms. The van der Waals surface area contributed by atoms with Crippen LogP contribution in [0.3, 0.4) is 0 Å². The van der Waals surface area contributed by atoms with Gasteiger partial charge in [-0.25, -0.2) is 9.59 Å². The average molecular weight is 323 g/mol. The van der Waals surface area contributed by atoms with Crippen LogP contribution in [0.5, 0.6) is 0 Å². The van der Waals surface area contributed by atoms with Crippen molar-refractivity contribution in [2.45, 2.75) is 13.0 Å². The fourth-order valence-electron chi connectivity index (χ4n) is 2.63. The van der Waals surface area contributed by atoms with E-state index >= 15 is 0 Å². The van der Waals surface area contributed by atoms with Crippen molar-refractivity contribution in [3.8, 4) is 0 Å². The normalized spacial score (nSPS) is 17.0. The molecule has 1 aromatic heterocycles. The van der Waals surface area contributed by atoms with E-state index in [4.69, 9.17) is 4.74 Å². The van der Waals surface area contributed by atoms with Gasteiger partial charge in [0.05, 0.1) is 23.9 Å². The number of hydrogen-bond donors (Lipinski definition) is 2. The smallest absolute Gasteiger partial charge is 0.338 e. The summed E-state index contributed by atoms with van der Waals surface area (Å²) in [6.07, 6.45) is 3.24. The molecule has 0 bridgehead atoms. The number of esters is 1. The molecular formula is C18H17N3O3. The van der Waals surface area contributed by atoms with Gasteiger partial charge in [-0.1, -0.05) is 30.3 Å². The number of pyridine rings is 1. The molecule has 3 rings (SSSR count). The van der Waals surface area contributed by atoms with Crippen LogP contribution < -0.4 is 10.6 Å². The topological polar surface area (TPSA) is 80.3 Å². The van der Waals surface area contributed by atoms with E-state index in [1.54, 1.807) is 31.5 Å². The van der Waals surface area contributed by atoms with E-state index in [0.29, 0.717) is 11.3 Å². The molecule has 2 heterocycles. The monoisotopic (exact) mass is 323 g/mol. The summed E-state index contributed by atoms with van der Waals surface area (Å²) in [5.41, 5.74) is 2.33. The molecule has 1 aromatic carbocycles. The Balaban J connectivity index is 2.16. The van der Waals surface area contributed by atoms with Crippen LogP contribution in [0.25, 0.3) is 5.70 Å². The first-order chi connectivity index (χ1) is 11.7. The van der Waals surface area contributed by atoms with Crippen molar-refractivity contribution in [2.24, 2.45) is 0 Å². The molecule has 1 unspecified atom stereocenters. The predicted molar refractivity (Wildman–Crippen MR) is 88.6 cm³/mol. The van der Waals surface area contributed by atoms with E-state index in [1.165, 1.54) is 0 Å². The van der Waals surface area contributed by atoms with Gasteiger partial charge >= 0.3 is 12.0 Å². The molecule has 0 saturated heterocycles. The van der Waals surface area contributed by atoms with Crippen molar-refractivity contribution in [1.82, 2.24) is 15.6 Å². The Morgan fingerprint density at radius 3 is 2.54 bits per heavy atom. The van der Waals surface area contributed by atoms with Crippen LogP contribution in [0.2, 0.25) is 0 Å². The predicted octanol–water partition coefficient (Wildman–Crippen LogP) is 2.41. The maximum atomic E-state index is 12.6. The summed E-state index contributed by atoms with van der Waals surface area (Å²) in [4.78, 5) is 28.7. The van der Waals surface area contributed by atoms with Gasteiger partial charge in [-0.2, -0.15) is 0 Å². The number of aromatic nitrogens is 1. The number of benzene rings is 1. The Hall–Kier alpha value is -3.15. The first kappa shape index (κ1) is 15.7. The van der Waals surface area contributed by atoms with Crippen molar-refractivity contribution >= 4 is 17.7 Å². The molecule has 0 aliphatic carbocycles. The van der Waals surface area contributed by atoms with Gasteiger partial charge in [0, 0.05) is 12.4 Å². The Labute approximate surface area is 139 Å². The highest BCUT2D eigenvalue weighted by atomic mass is 16.5. The maximum absolute atomic E-state index is 12.6. The number of carbonyl (C=O) groups excluding carboxylic acids is 2. The van der Waals surface area contributed by atoms with Gasteiger partial charge in [0.15, 0.2) is 0 Å². The summed E-state index contributed by atoms with van der Waals surface area (Å²) in [6, 6.07) is 11.8. The Morgan fingerprint density at radius 2 is 1.88 bits per heavy atom. The van der Waals surface area contributed by atoms with E-state index in [0.717, 1.165) is 11.1 Å². The van der Waals surface area contributed by atoms with Crippen LogP contribution in [0.15, 0.2) is 60.4 Å². The highest BCUT2D eigenvalue weighted by Gasteiger charge is 2.34. The summed E-state index contributed by atoms with van der Waals surface area (Å²) >= 11 is 0. The van der Waals surface area contributed by atoms with Crippen molar-refractivity contribution in [1.29, 1.82) is 0 Å². The zero-order chi connectivity index (χ0) is 16.9. The standard InChI is InChI=1S/C18H17N3O3/c1-2-24-17(22)14-15(12-6-4-3-5-7-12)20-18(23)21-16(14)13-8-10-19-11-9-13/h3-11,16H,2H2,1H3,(H2,20,21,23). The molecule has 1 aliphatic rings. The zero-order valence-corrected chi connectivity index (χ0v) is 13.2. The van der Waals surface area contributed by atoms with E-state index in [-0.39, 0.29) is 12.6 Å². The van der Waals surface area contributed by atoms with Gasteiger partial charge < -0.3 is 15.4 Å². The fourth-order valence-corrected chi connectivity index (χ4v) is 2.63. The highest BCUT2D eigenvalue weighted by molar-refractivity contribution is 6.04. The molecular weight excluding hydrogens is 306 g/mol. The second-order valence-corrected chi connectivity index (χ2v) is 5.19. The Kier molecular flexibility index (Phi) is 4.56. The summed E-state index contributed by atoms with van der Waals surface area (Å²) in [6.45, 7) is 2.00. The number of ether oxygens (including phenoxy) is 1. The Bertz CT molecular complexity index is 773. The lowest BCUT2D eigenvalue weighted by molar-refractivity contribution is -0.138. The fraction of sp³-hybridized carbons (Fsp3) is 0.167. The second-order valence-electron chi connectivity index (χ2n) is 5.19. The zero-order valence-electron chi connectivity index (χ0n) is 13.2. The summed E-state index contributed by atoms with van der Waals surface area (Å²) in [5.74, 6) is -0.467. The van der Waals surface area contributed by atoms with E-state index in [9.17, 15) is 9.59 Å². The largest absolute Gasteiger partial charge is 0.463 e. The Morgan fingerprint density at radius 1 is 1.17 bits per heavy atom. The first-order valence-corrected chi connectivity index (χ1v) is 7.65. The van der Waals surface area contributed by atoms with Crippen LogP contribution in [0, 0.1) is 0 Å².